The van der Waals surface area contributed by atoms with Crippen LogP contribution in [0.2, 0.25) is 0 Å². The summed E-state index contributed by atoms with van der Waals surface area (Å²) in [6.45, 7) is 4.61. The first-order chi connectivity index (χ1) is 13.9. The predicted molar refractivity (Wildman–Crippen MR) is 110 cm³/mol. The van der Waals surface area contributed by atoms with Gasteiger partial charge in [0.15, 0.2) is 0 Å². The molecular weight excluding hydrogens is 390 g/mol. The fourth-order valence-electron chi connectivity index (χ4n) is 3.07. The summed E-state index contributed by atoms with van der Waals surface area (Å²) in [5.41, 5.74) is 2.38. The van der Waals surface area contributed by atoms with Crippen LogP contribution in [-0.2, 0) is 32.6 Å². The maximum absolute atomic E-state index is 12.5. The van der Waals surface area contributed by atoms with E-state index < -0.39 is 10.0 Å². The highest BCUT2D eigenvalue weighted by Gasteiger charge is 2.21. The Morgan fingerprint density at radius 1 is 1.10 bits per heavy atom. The number of rotatable bonds is 9. The maximum Gasteiger partial charge on any atom is 0.306 e. The number of carbonyl (C=O) groups excluding carboxylic acids is 1. The second-order valence-electron chi connectivity index (χ2n) is 6.59. The third-order valence-corrected chi connectivity index (χ3v) is 6.74. The van der Waals surface area contributed by atoms with Crippen molar-refractivity contribution < 1.29 is 17.9 Å². The van der Waals surface area contributed by atoms with Crippen LogP contribution in [0, 0.1) is 0 Å². The third kappa shape index (κ3) is 5.02. The van der Waals surface area contributed by atoms with Gasteiger partial charge in [-0.25, -0.2) is 13.4 Å². The van der Waals surface area contributed by atoms with E-state index in [1.807, 2.05) is 48.8 Å². The Morgan fingerprint density at radius 2 is 1.83 bits per heavy atom. The van der Waals surface area contributed by atoms with Crippen molar-refractivity contribution in [2.45, 2.75) is 38.2 Å². The smallest absolute Gasteiger partial charge is 0.306 e. The van der Waals surface area contributed by atoms with Crippen molar-refractivity contribution in [2.24, 2.45) is 0 Å². The van der Waals surface area contributed by atoms with Crippen molar-refractivity contribution in [2.75, 3.05) is 13.1 Å². The van der Waals surface area contributed by atoms with E-state index in [9.17, 15) is 13.2 Å². The number of ether oxygens (including phenoxy) is 1. The monoisotopic (exact) mass is 415 g/mol. The molecule has 0 radical (unpaired) electrons. The fourth-order valence-corrected chi connectivity index (χ4v) is 4.53. The number of benzene rings is 1. The molecule has 7 nitrogen and oxygen atoms in total. The van der Waals surface area contributed by atoms with Gasteiger partial charge in [0.1, 0.15) is 12.3 Å². The van der Waals surface area contributed by atoms with E-state index >= 15 is 0 Å². The van der Waals surface area contributed by atoms with Gasteiger partial charge in [0.25, 0.3) is 0 Å². The Balaban J connectivity index is 1.52. The standard InChI is InChI=1S/C21H25N3O4S/c1-3-24(4-2)29(26,27)19-11-8-17(9-12-19)10-13-21(25)28-16-18-15-23-14-6-5-7-20(23)22-18/h5-9,11-12,14-15H,3-4,10,13,16H2,1-2H3. The lowest BCUT2D eigenvalue weighted by Crippen LogP contribution is -2.30. The van der Waals surface area contributed by atoms with Gasteiger partial charge in [-0.15, -0.1) is 0 Å². The average Bonchev–Trinajstić information content (AvgIpc) is 3.15. The summed E-state index contributed by atoms with van der Waals surface area (Å²) in [5, 5.41) is 0. The molecule has 0 fully saturated rings. The summed E-state index contributed by atoms with van der Waals surface area (Å²) in [4.78, 5) is 16.7. The summed E-state index contributed by atoms with van der Waals surface area (Å²) >= 11 is 0. The normalized spacial score (nSPS) is 11.8. The quantitative estimate of drug-likeness (QED) is 0.502. The van der Waals surface area contributed by atoms with Gasteiger partial charge in [-0.05, 0) is 36.2 Å². The van der Waals surface area contributed by atoms with Gasteiger partial charge in [0, 0.05) is 31.9 Å². The van der Waals surface area contributed by atoms with E-state index in [4.69, 9.17) is 4.74 Å². The van der Waals surface area contributed by atoms with Gasteiger partial charge < -0.3 is 9.14 Å². The lowest BCUT2D eigenvalue weighted by Gasteiger charge is -2.18. The summed E-state index contributed by atoms with van der Waals surface area (Å²) in [7, 11) is -3.47. The Labute approximate surface area is 171 Å². The number of sulfonamides is 1. The van der Waals surface area contributed by atoms with Gasteiger partial charge in [-0.3, -0.25) is 4.79 Å². The molecule has 0 unspecified atom stereocenters. The lowest BCUT2D eigenvalue weighted by molar-refractivity contribution is -0.145. The summed E-state index contributed by atoms with van der Waals surface area (Å²) < 4.78 is 33.6. The molecule has 0 N–H and O–H groups in total. The molecule has 0 aliphatic carbocycles. The first-order valence-electron chi connectivity index (χ1n) is 9.61. The molecule has 1 aromatic carbocycles. The molecule has 29 heavy (non-hydrogen) atoms. The zero-order valence-electron chi connectivity index (χ0n) is 16.6. The highest BCUT2D eigenvalue weighted by molar-refractivity contribution is 7.89. The third-order valence-electron chi connectivity index (χ3n) is 4.68. The van der Waals surface area contributed by atoms with E-state index in [0.717, 1.165) is 11.2 Å². The van der Waals surface area contributed by atoms with Gasteiger partial charge in [0.2, 0.25) is 10.0 Å². The Kier molecular flexibility index (Phi) is 6.66. The number of fused-ring (bicyclic) bond motifs is 1. The van der Waals surface area contributed by atoms with Crippen LogP contribution >= 0.6 is 0 Å². The first kappa shape index (κ1) is 21.0. The van der Waals surface area contributed by atoms with Gasteiger partial charge in [-0.2, -0.15) is 4.31 Å². The number of hydrogen-bond donors (Lipinski definition) is 0. The molecule has 154 valence electrons. The molecule has 0 saturated carbocycles. The van der Waals surface area contributed by atoms with Crippen molar-refractivity contribution in [3.63, 3.8) is 0 Å². The number of pyridine rings is 1. The molecular formula is C21H25N3O4S. The number of esters is 1. The summed E-state index contributed by atoms with van der Waals surface area (Å²) in [6, 6.07) is 12.3. The first-order valence-corrected chi connectivity index (χ1v) is 11.1. The van der Waals surface area contributed by atoms with Crippen LogP contribution in [0.1, 0.15) is 31.5 Å². The molecule has 0 bridgehead atoms. The van der Waals surface area contributed by atoms with E-state index in [2.05, 4.69) is 4.98 Å². The number of imidazole rings is 1. The Hall–Kier alpha value is -2.71. The Morgan fingerprint density at radius 3 is 2.48 bits per heavy atom. The van der Waals surface area contributed by atoms with Crippen LogP contribution in [0.15, 0.2) is 59.8 Å². The minimum atomic E-state index is -3.47. The number of aromatic nitrogens is 2. The molecule has 0 saturated heterocycles. The topological polar surface area (TPSA) is 81.0 Å². The second kappa shape index (κ2) is 9.19. The molecule has 2 aromatic heterocycles. The Bertz CT molecular complexity index is 1040. The van der Waals surface area contributed by atoms with E-state index in [1.54, 1.807) is 24.3 Å². The highest BCUT2D eigenvalue weighted by atomic mass is 32.2. The second-order valence-corrected chi connectivity index (χ2v) is 8.53. The number of hydrogen-bond acceptors (Lipinski definition) is 5. The molecule has 3 aromatic rings. The van der Waals surface area contributed by atoms with Gasteiger partial charge in [-0.1, -0.05) is 32.0 Å². The summed E-state index contributed by atoms with van der Waals surface area (Å²) in [6.07, 6.45) is 4.42. The zero-order chi connectivity index (χ0) is 20.9. The zero-order valence-corrected chi connectivity index (χ0v) is 17.4. The van der Waals surface area contributed by atoms with E-state index in [-0.39, 0.29) is 23.9 Å². The number of nitrogens with zero attached hydrogens (tertiary/aromatic N) is 3. The molecule has 2 heterocycles. The minimum absolute atomic E-state index is 0.127. The van der Waals surface area contributed by atoms with Crippen molar-refractivity contribution in [3.05, 3.63) is 66.1 Å². The van der Waals surface area contributed by atoms with Crippen LogP contribution in [-0.4, -0.2) is 41.2 Å². The van der Waals surface area contributed by atoms with Crippen molar-refractivity contribution in [1.29, 1.82) is 0 Å². The predicted octanol–water partition coefficient (Wildman–Crippen LogP) is 3.04. The van der Waals surface area contributed by atoms with Crippen molar-refractivity contribution >= 4 is 21.6 Å². The van der Waals surface area contributed by atoms with E-state index in [1.165, 1.54) is 4.31 Å². The van der Waals surface area contributed by atoms with Crippen LogP contribution in [0.3, 0.4) is 0 Å². The highest BCUT2D eigenvalue weighted by Crippen LogP contribution is 2.17. The lowest BCUT2D eigenvalue weighted by atomic mass is 10.1. The fraction of sp³-hybridized carbons (Fsp3) is 0.333. The molecule has 8 heteroatoms. The molecule has 3 rings (SSSR count). The molecule has 0 aliphatic rings. The minimum Gasteiger partial charge on any atom is -0.459 e. The van der Waals surface area contributed by atoms with Crippen molar-refractivity contribution in [3.8, 4) is 0 Å². The van der Waals surface area contributed by atoms with Crippen LogP contribution < -0.4 is 0 Å². The van der Waals surface area contributed by atoms with Crippen molar-refractivity contribution in [1.82, 2.24) is 13.7 Å². The largest absolute Gasteiger partial charge is 0.459 e. The van der Waals surface area contributed by atoms with Crippen LogP contribution in [0.4, 0.5) is 0 Å². The molecule has 0 aliphatic heterocycles. The molecule has 0 amide bonds. The number of carbonyl (C=O) groups is 1. The van der Waals surface area contributed by atoms with Gasteiger partial charge >= 0.3 is 5.97 Å². The number of aryl methyl sites for hydroxylation is 1. The van der Waals surface area contributed by atoms with Gasteiger partial charge in [0.05, 0.1) is 10.6 Å². The maximum atomic E-state index is 12.5. The molecule has 0 spiro atoms. The van der Waals surface area contributed by atoms with E-state index in [0.29, 0.717) is 25.2 Å². The SMILES string of the molecule is CCN(CC)S(=O)(=O)c1ccc(CCC(=O)OCc2cn3ccccc3n2)cc1. The average molecular weight is 416 g/mol. The van der Waals surface area contributed by atoms with Crippen LogP contribution in [0.5, 0.6) is 0 Å². The summed E-state index contributed by atoms with van der Waals surface area (Å²) in [5.74, 6) is -0.318. The van der Waals surface area contributed by atoms with Crippen LogP contribution in [0.25, 0.3) is 5.65 Å². The molecule has 0 atom stereocenters.